The molecule has 0 radical (unpaired) electrons. The Morgan fingerprint density at radius 2 is 1.85 bits per heavy atom. The molecule has 0 saturated carbocycles. The molecule has 0 aromatic carbocycles. The molecule has 2 fully saturated rings. The topological polar surface area (TPSA) is 18.5 Å². The Hall–Kier alpha value is -0.330. The summed E-state index contributed by atoms with van der Waals surface area (Å²) in [5, 5.41) is 3.54. The lowest BCUT2D eigenvalue weighted by molar-refractivity contribution is -0.149. The summed E-state index contributed by atoms with van der Waals surface area (Å²) in [6.45, 7) is 5.11. The second-order valence-corrected chi connectivity index (χ2v) is 6.16. The third kappa shape index (κ3) is 5.22. The minimum Gasteiger partial charge on any atom is -0.314 e. The van der Waals surface area contributed by atoms with Crippen molar-refractivity contribution in [2.75, 3.05) is 39.3 Å². The van der Waals surface area contributed by atoms with Gasteiger partial charge in [0.2, 0.25) is 0 Å². The van der Waals surface area contributed by atoms with Gasteiger partial charge in [-0.15, -0.1) is 0 Å². The molecule has 0 bridgehead atoms. The van der Waals surface area contributed by atoms with E-state index in [0.29, 0.717) is 25.2 Å². The molecule has 2 heterocycles. The van der Waals surface area contributed by atoms with Crippen LogP contribution in [0, 0.1) is 0 Å². The monoisotopic (exact) mass is 293 g/mol. The van der Waals surface area contributed by atoms with Crippen molar-refractivity contribution < 1.29 is 13.2 Å². The zero-order valence-corrected chi connectivity index (χ0v) is 12.3. The van der Waals surface area contributed by atoms with Gasteiger partial charge in [-0.05, 0) is 32.7 Å². The summed E-state index contributed by atoms with van der Waals surface area (Å²) in [6, 6.07) is 1.05. The smallest absolute Gasteiger partial charge is 0.314 e. The van der Waals surface area contributed by atoms with Crippen LogP contribution in [0.4, 0.5) is 13.2 Å². The Kier molecular flexibility index (Phi) is 5.69. The second kappa shape index (κ2) is 7.09. The van der Waals surface area contributed by atoms with Crippen molar-refractivity contribution in [3.63, 3.8) is 0 Å². The first-order chi connectivity index (χ1) is 9.44. The van der Waals surface area contributed by atoms with Crippen LogP contribution in [0.25, 0.3) is 0 Å². The maximum Gasteiger partial charge on any atom is 0.401 e. The van der Waals surface area contributed by atoms with Crippen LogP contribution >= 0.6 is 0 Å². The quantitative estimate of drug-likeness (QED) is 0.856. The fourth-order valence-corrected chi connectivity index (χ4v) is 3.30. The normalized spacial score (nSPS) is 28.5. The molecular weight excluding hydrogens is 267 g/mol. The maximum atomic E-state index is 12.3. The fraction of sp³-hybridized carbons (Fsp3) is 1.00. The average molecular weight is 293 g/mol. The highest BCUT2D eigenvalue weighted by Crippen LogP contribution is 2.20. The molecule has 0 spiro atoms. The van der Waals surface area contributed by atoms with Crippen molar-refractivity contribution >= 4 is 0 Å². The van der Waals surface area contributed by atoms with Gasteiger partial charge in [0.15, 0.2) is 0 Å². The van der Waals surface area contributed by atoms with E-state index < -0.39 is 12.7 Å². The van der Waals surface area contributed by atoms with Crippen LogP contribution < -0.4 is 5.32 Å². The zero-order valence-electron chi connectivity index (χ0n) is 12.3. The summed E-state index contributed by atoms with van der Waals surface area (Å²) in [4.78, 5) is 3.85. The predicted octanol–water partition coefficient (Wildman–Crippen LogP) is 2.09. The summed E-state index contributed by atoms with van der Waals surface area (Å²) in [7, 11) is 0. The van der Waals surface area contributed by atoms with E-state index >= 15 is 0 Å². The third-order valence-corrected chi connectivity index (χ3v) is 4.47. The molecule has 0 aromatic heterocycles. The Balaban J connectivity index is 1.69. The van der Waals surface area contributed by atoms with Crippen molar-refractivity contribution in [1.82, 2.24) is 15.1 Å². The average Bonchev–Trinajstić information content (AvgIpc) is 2.39. The number of piperazine rings is 1. The molecule has 3 nitrogen and oxygen atoms in total. The van der Waals surface area contributed by atoms with Gasteiger partial charge in [0.05, 0.1) is 6.54 Å². The van der Waals surface area contributed by atoms with Crippen molar-refractivity contribution in [2.45, 2.75) is 50.9 Å². The Morgan fingerprint density at radius 1 is 1.15 bits per heavy atom. The summed E-state index contributed by atoms with van der Waals surface area (Å²) < 4.78 is 37.0. The molecule has 6 heteroatoms. The van der Waals surface area contributed by atoms with Crippen LogP contribution in [0.3, 0.4) is 0 Å². The molecule has 118 valence electrons. The molecule has 2 rings (SSSR count). The molecule has 1 N–H and O–H groups in total. The number of rotatable bonds is 4. The van der Waals surface area contributed by atoms with Crippen LogP contribution in [0.5, 0.6) is 0 Å². The molecule has 2 saturated heterocycles. The van der Waals surface area contributed by atoms with Gasteiger partial charge in [-0.1, -0.05) is 6.42 Å². The summed E-state index contributed by atoms with van der Waals surface area (Å²) >= 11 is 0. The molecular formula is C14H26F3N3. The van der Waals surface area contributed by atoms with Gasteiger partial charge in [-0.2, -0.15) is 13.2 Å². The van der Waals surface area contributed by atoms with Crippen molar-refractivity contribution in [1.29, 1.82) is 0 Å². The molecule has 2 aliphatic rings. The molecule has 0 aliphatic carbocycles. The summed E-state index contributed by atoms with van der Waals surface area (Å²) in [5.41, 5.74) is 0. The highest BCUT2D eigenvalue weighted by Gasteiger charge is 2.33. The van der Waals surface area contributed by atoms with Crippen LogP contribution in [0.15, 0.2) is 0 Å². The van der Waals surface area contributed by atoms with Crippen LogP contribution in [-0.2, 0) is 0 Å². The first kappa shape index (κ1) is 16.0. The van der Waals surface area contributed by atoms with E-state index in [-0.39, 0.29) is 0 Å². The molecule has 20 heavy (non-hydrogen) atoms. The largest absolute Gasteiger partial charge is 0.401 e. The van der Waals surface area contributed by atoms with Crippen LogP contribution in [-0.4, -0.2) is 67.3 Å². The van der Waals surface area contributed by atoms with E-state index in [4.69, 9.17) is 0 Å². The number of halogens is 3. The van der Waals surface area contributed by atoms with E-state index in [0.717, 1.165) is 26.1 Å². The number of piperidine rings is 1. The summed E-state index contributed by atoms with van der Waals surface area (Å²) in [6.07, 6.45) is 0.836. The Morgan fingerprint density at radius 3 is 2.40 bits per heavy atom. The van der Waals surface area contributed by atoms with Crippen molar-refractivity contribution in [2.24, 2.45) is 0 Å². The lowest BCUT2D eigenvalue weighted by Crippen LogP contribution is -2.52. The van der Waals surface area contributed by atoms with Gasteiger partial charge in [0.1, 0.15) is 0 Å². The Labute approximate surface area is 119 Å². The fourth-order valence-electron chi connectivity index (χ4n) is 3.30. The van der Waals surface area contributed by atoms with Gasteiger partial charge < -0.3 is 5.32 Å². The number of nitrogens with one attached hydrogen (secondary N) is 1. The van der Waals surface area contributed by atoms with Crippen molar-refractivity contribution in [3.8, 4) is 0 Å². The van der Waals surface area contributed by atoms with Gasteiger partial charge in [-0.3, -0.25) is 9.80 Å². The lowest BCUT2D eigenvalue weighted by Gasteiger charge is -2.39. The van der Waals surface area contributed by atoms with Gasteiger partial charge in [0, 0.05) is 38.3 Å². The first-order valence-electron chi connectivity index (χ1n) is 7.70. The second-order valence-electron chi connectivity index (χ2n) is 6.16. The molecule has 2 atom stereocenters. The van der Waals surface area contributed by atoms with E-state index in [1.54, 1.807) is 0 Å². The lowest BCUT2D eigenvalue weighted by atomic mass is 9.98. The SMILES string of the molecule is CC(CC1CCCCN1)N1CCN(CC(F)(F)F)CC1. The number of alkyl halides is 3. The minimum absolute atomic E-state index is 0.457. The minimum atomic E-state index is -4.07. The maximum absolute atomic E-state index is 12.3. The highest BCUT2D eigenvalue weighted by atomic mass is 19.4. The summed E-state index contributed by atoms with van der Waals surface area (Å²) in [5.74, 6) is 0. The third-order valence-electron chi connectivity index (χ3n) is 4.47. The van der Waals surface area contributed by atoms with E-state index in [1.165, 1.54) is 24.2 Å². The number of hydrogen-bond acceptors (Lipinski definition) is 3. The van der Waals surface area contributed by atoms with Crippen molar-refractivity contribution in [3.05, 3.63) is 0 Å². The van der Waals surface area contributed by atoms with E-state index in [9.17, 15) is 13.2 Å². The zero-order chi connectivity index (χ0) is 14.6. The van der Waals surface area contributed by atoms with E-state index in [1.807, 2.05) is 0 Å². The van der Waals surface area contributed by atoms with E-state index in [2.05, 4.69) is 17.1 Å². The molecule has 0 amide bonds. The molecule has 2 aliphatic heterocycles. The number of hydrogen-bond donors (Lipinski definition) is 1. The first-order valence-corrected chi connectivity index (χ1v) is 7.70. The molecule has 2 unspecified atom stereocenters. The van der Waals surface area contributed by atoms with Crippen LogP contribution in [0.1, 0.15) is 32.6 Å². The van der Waals surface area contributed by atoms with Gasteiger partial charge >= 0.3 is 6.18 Å². The standard InChI is InChI=1S/C14H26F3N3/c1-12(10-13-4-2-3-5-18-13)20-8-6-19(7-9-20)11-14(15,16)17/h12-13,18H,2-11H2,1H3. The van der Waals surface area contributed by atoms with Crippen LogP contribution in [0.2, 0.25) is 0 Å². The van der Waals surface area contributed by atoms with Gasteiger partial charge in [0.25, 0.3) is 0 Å². The molecule has 0 aromatic rings. The van der Waals surface area contributed by atoms with Gasteiger partial charge in [-0.25, -0.2) is 0 Å². The Bertz CT molecular complexity index is 282. The number of nitrogens with zero attached hydrogens (tertiary/aromatic N) is 2. The predicted molar refractivity (Wildman–Crippen MR) is 73.8 cm³/mol. The highest BCUT2D eigenvalue weighted by molar-refractivity contribution is 4.82.